The van der Waals surface area contributed by atoms with E-state index < -0.39 is 5.97 Å². The van der Waals surface area contributed by atoms with Gasteiger partial charge in [0, 0.05) is 5.39 Å². The number of furan rings is 1. The Morgan fingerprint density at radius 3 is 2.64 bits per heavy atom. The Labute approximate surface area is 81.0 Å². The molecule has 1 aromatic carbocycles. The van der Waals surface area contributed by atoms with Gasteiger partial charge in [-0.05, 0) is 37.6 Å². The highest BCUT2D eigenvalue weighted by molar-refractivity contribution is 6.01. The Hall–Kier alpha value is -1.77. The van der Waals surface area contributed by atoms with E-state index in [0.29, 0.717) is 5.58 Å². The van der Waals surface area contributed by atoms with Crippen molar-refractivity contribution in [2.75, 3.05) is 0 Å². The van der Waals surface area contributed by atoms with Crippen LogP contribution in [-0.2, 0) is 0 Å². The summed E-state index contributed by atoms with van der Waals surface area (Å²) in [4.78, 5) is 10.9. The van der Waals surface area contributed by atoms with Crippen molar-refractivity contribution < 1.29 is 14.3 Å². The molecule has 72 valence electrons. The highest BCUT2D eigenvalue weighted by Crippen LogP contribution is 2.24. The van der Waals surface area contributed by atoms with Gasteiger partial charge in [-0.25, -0.2) is 4.79 Å². The Kier molecular flexibility index (Phi) is 1.81. The maximum Gasteiger partial charge on any atom is 0.339 e. The van der Waals surface area contributed by atoms with Crippen LogP contribution in [-0.4, -0.2) is 11.1 Å². The number of fused-ring (bicyclic) bond motifs is 1. The summed E-state index contributed by atoms with van der Waals surface area (Å²) in [5.41, 5.74) is 1.62. The van der Waals surface area contributed by atoms with E-state index >= 15 is 0 Å². The maximum atomic E-state index is 10.9. The average Bonchev–Trinajstić information content (AvgIpc) is 2.42. The molecule has 0 atom stereocenters. The van der Waals surface area contributed by atoms with Gasteiger partial charge in [0.25, 0.3) is 0 Å². The van der Waals surface area contributed by atoms with Crippen molar-refractivity contribution in [3.63, 3.8) is 0 Å². The quantitative estimate of drug-likeness (QED) is 0.752. The molecule has 0 aliphatic heterocycles. The van der Waals surface area contributed by atoms with Crippen LogP contribution in [0.1, 0.15) is 21.7 Å². The van der Waals surface area contributed by atoms with Gasteiger partial charge in [0.2, 0.25) is 0 Å². The summed E-state index contributed by atoms with van der Waals surface area (Å²) in [6.07, 6.45) is 0. The summed E-state index contributed by atoms with van der Waals surface area (Å²) in [5, 5.41) is 9.80. The second kappa shape index (κ2) is 2.87. The summed E-state index contributed by atoms with van der Waals surface area (Å²) in [6.45, 7) is 3.68. The average molecular weight is 190 g/mol. The lowest BCUT2D eigenvalue weighted by atomic mass is 10.1. The molecular formula is C11H10O3. The summed E-state index contributed by atoms with van der Waals surface area (Å²) < 4.78 is 5.33. The number of benzene rings is 1. The van der Waals surface area contributed by atoms with Crippen LogP contribution in [0.3, 0.4) is 0 Å². The van der Waals surface area contributed by atoms with E-state index in [9.17, 15) is 4.79 Å². The number of hydrogen-bond acceptors (Lipinski definition) is 2. The van der Waals surface area contributed by atoms with Crippen LogP contribution in [0.2, 0.25) is 0 Å². The molecule has 0 bridgehead atoms. The summed E-state index contributed by atoms with van der Waals surface area (Å²) in [5.74, 6) is -0.221. The van der Waals surface area contributed by atoms with E-state index in [1.807, 2.05) is 19.1 Å². The molecule has 1 N–H and O–H groups in total. The topological polar surface area (TPSA) is 50.4 Å². The summed E-state index contributed by atoms with van der Waals surface area (Å²) in [6, 6.07) is 5.38. The van der Waals surface area contributed by atoms with Gasteiger partial charge in [-0.3, -0.25) is 0 Å². The molecule has 0 spiro atoms. The largest absolute Gasteiger partial charge is 0.478 e. The zero-order chi connectivity index (χ0) is 10.3. The Bertz CT molecular complexity index is 508. The van der Waals surface area contributed by atoms with Gasteiger partial charge in [-0.1, -0.05) is 0 Å². The maximum absolute atomic E-state index is 10.9. The lowest BCUT2D eigenvalue weighted by molar-refractivity contribution is 0.0697. The highest BCUT2D eigenvalue weighted by atomic mass is 16.4. The van der Waals surface area contributed by atoms with E-state index in [2.05, 4.69) is 0 Å². The highest BCUT2D eigenvalue weighted by Gasteiger charge is 2.12. The molecule has 3 heteroatoms. The van der Waals surface area contributed by atoms with Crippen molar-refractivity contribution in [1.82, 2.24) is 0 Å². The second-order valence-electron chi connectivity index (χ2n) is 3.39. The summed E-state index contributed by atoms with van der Waals surface area (Å²) in [7, 11) is 0. The number of carbonyl (C=O) groups is 1. The third-order valence-corrected chi connectivity index (χ3v) is 2.11. The number of carboxylic acid groups (broad SMARTS) is 1. The molecular weight excluding hydrogens is 180 g/mol. The zero-order valence-electron chi connectivity index (χ0n) is 8.00. The van der Waals surface area contributed by atoms with E-state index in [4.69, 9.17) is 9.52 Å². The van der Waals surface area contributed by atoms with E-state index in [0.717, 1.165) is 16.7 Å². The van der Waals surface area contributed by atoms with Crippen molar-refractivity contribution in [3.8, 4) is 0 Å². The Morgan fingerprint density at radius 2 is 2.00 bits per heavy atom. The minimum atomic E-state index is -0.951. The minimum absolute atomic E-state index is 0.230. The first-order valence-electron chi connectivity index (χ1n) is 4.32. The standard InChI is InChI=1S/C11H10O3/c1-6-3-8-5-7(2)14-10(8)9(4-6)11(12)13/h3-5H,1-2H3,(H,12,13). The molecule has 1 heterocycles. The third-order valence-electron chi connectivity index (χ3n) is 2.11. The molecule has 1 aromatic heterocycles. The van der Waals surface area contributed by atoms with Crippen LogP contribution in [0.25, 0.3) is 11.0 Å². The number of hydrogen-bond donors (Lipinski definition) is 1. The van der Waals surface area contributed by atoms with E-state index in [-0.39, 0.29) is 5.56 Å². The van der Waals surface area contributed by atoms with Crippen LogP contribution in [0.4, 0.5) is 0 Å². The van der Waals surface area contributed by atoms with Crippen LogP contribution in [0, 0.1) is 13.8 Å². The van der Waals surface area contributed by atoms with E-state index in [1.54, 1.807) is 13.0 Å². The Balaban J connectivity index is 2.85. The fourth-order valence-electron chi connectivity index (χ4n) is 1.59. The van der Waals surface area contributed by atoms with Crippen molar-refractivity contribution in [2.24, 2.45) is 0 Å². The van der Waals surface area contributed by atoms with Gasteiger partial charge in [0.05, 0.1) is 0 Å². The van der Waals surface area contributed by atoms with Crippen LogP contribution in [0.5, 0.6) is 0 Å². The number of aryl methyl sites for hydroxylation is 2. The molecule has 0 aliphatic rings. The van der Waals surface area contributed by atoms with Gasteiger partial charge in [-0.2, -0.15) is 0 Å². The minimum Gasteiger partial charge on any atom is -0.478 e. The first kappa shape index (κ1) is 8.81. The van der Waals surface area contributed by atoms with Crippen molar-refractivity contribution in [2.45, 2.75) is 13.8 Å². The monoisotopic (exact) mass is 190 g/mol. The Morgan fingerprint density at radius 1 is 1.29 bits per heavy atom. The van der Waals surface area contributed by atoms with Crippen LogP contribution < -0.4 is 0 Å². The number of carboxylic acids is 1. The van der Waals surface area contributed by atoms with E-state index in [1.165, 1.54) is 0 Å². The molecule has 0 fully saturated rings. The van der Waals surface area contributed by atoms with Crippen LogP contribution >= 0.6 is 0 Å². The molecule has 14 heavy (non-hydrogen) atoms. The molecule has 2 rings (SSSR count). The van der Waals surface area contributed by atoms with Gasteiger partial charge < -0.3 is 9.52 Å². The molecule has 0 saturated heterocycles. The van der Waals surface area contributed by atoms with Gasteiger partial charge in [0.1, 0.15) is 16.9 Å². The molecule has 0 unspecified atom stereocenters. The molecule has 0 aliphatic carbocycles. The first-order valence-corrected chi connectivity index (χ1v) is 4.32. The van der Waals surface area contributed by atoms with Crippen LogP contribution in [0.15, 0.2) is 22.6 Å². The number of rotatable bonds is 1. The lowest BCUT2D eigenvalue weighted by Crippen LogP contribution is -1.96. The van der Waals surface area contributed by atoms with Crippen molar-refractivity contribution >= 4 is 16.9 Å². The fourth-order valence-corrected chi connectivity index (χ4v) is 1.59. The molecule has 0 amide bonds. The molecule has 3 nitrogen and oxygen atoms in total. The molecule has 0 radical (unpaired) electrons. The normalized spacial score (nSPS) is 10.7. The molecule has 2 aromatic rings. The third kappa shape index (κ3) is 1.27. The molecule has 0 saturated carbocycles. The van der Waals surface area contributed by atoms with Gasteiger partial charge in [-0.15, -0.1) is 0 Å². The predicted octanol–water partition coefficient (Wildman–Crippen LogP) is 2.75. The second-order valence-corrected chi connectivity index (χ2v) is 3.39. The summed E-state index contributed by atoms with van der Waals surface area (Å²) >= 11 is 0. The van der Waals surface area contributed by atoms with Gasteiger partial charge in [0.15, 0.2) is 0 Å². The number of aromatic carboxylic acids is 1. The lowest BCUT2D eigenvalue weighted by Gasteiger charge is -1.98. The van der Waals surface area contributed by atoms with Crippen molar-refractivity contribution in [1.29, 1.82) is 0 Å². The zero-order valence-corrected chi connectivity index (χ0v) is 8.00. The SMILES string of the molecule is Cc1cc(C(=O)O)c2oc(C)cc2c1. The van der Waals surface area contributed by atoms with Crippen molar-refractivity contribution in [3.05, 3.63) is 35.1 Å². The smallest absolute Gasteiger partial charge is 0.339 e. The first-order chi connectivity index (χ1) is 6.58. The fraction of sp³-hybridized carbons (Fsp3) is 0.182. The van der Waals surface area contributed by atoms with Gasteiger partial charge >= 0.3 is 5.97 Å². The predicted molar refractivity (Wildman–Crippen MR) is 52.6 cm³/mol.